The van der Waals surface area contributed by atoms with Crippen molar-refractivity contribution in [2.45, 2.75) is 26.7 Å². The fourth-order valence-corrected chi connectivity index (χ4v) is 1.53. The summed E-state index contributed by atoms with van der Waals surface area (Å²) < 4.78 is 12.9. The first-order valence-corrected chi connectivity index (χ1v) is 5.26. The van der Waals surface area contributed by atoms with Crippen LogP contribution in [0, 0.1) is 12.7 Å². The Bertz CT molecular complexity index is 503. The Kier molecular flexibility index (Phi) is 2.73. The molecular formula is C12H14FN3. The van der Waals surface area contributed by atoms with Gasteiger partial charge in [-0.05, 0) is 30.7 Å². The third-order valence-electron chi connectivity index (χ3n) is 2.48. The maximum absolute atomic E-state index is 12.9. The molecule has 0 bridgehead atoms. The summed E-state index contributed by atoms with van der Waals surface area (Å²) in [5.74, 6) is 1.54. The molecule has 2 aromatic rings. The maximum Gasteiger partial charge on any atom is 0.181 e. The molecule has 84 valence electrons. The van der Waals surface area contributed by atoms with Crippen molar-refractivity contribution in [2.24, 2.45) is 0 Å². The van der Waals surface area contributed by atoms with Crippen LogP contribution < -0.4 is 0 Å². The van der Waals surface area contributed by atoms with Crippen LogP contribution in [0.25, 0.3) is 11.4 Å². The van der Waals surface area contributed by atoms with Crippen LogP contribution in [-0.2, 0) is 0 Å². The molecule has 1 heterocycles. The van der Waals surface area contributed by atoms with Gasteiger partial charge < -0.3 is 0 Å². The first-order chi connectivity index (χ1) is 7.58. The number of rotatable bonds is 2. The molecule has 0 saturated carbocycles. The van der Waals surface area contributed by atoms with Crippen LogP contribution in [0.1, 0.15) is 31.2 Å². The minimum absolute atomic E-state index is 0.235. The van der Waals surface area contributed by atoms with Gasteiger partial charge in [0, 0.05) is 11.5 Å². The van der Waals surface area contributed by atoms with E-state index in [1.54, 1.807) is 6.07 Å². The molecule has 0 aliphatic heterocycles. The molecule has 4 heteroatoms. The van der Waals surface area contributed by atoms with Gasteiger partial charge in [0.25, 0.3) is 0 Å². The number of hydrogen-bond donors (Lipinski definition) is 1. The quantitative estimate of drug-likeness (QED) is 0.843. The summed E-state index contributed by atoms with van der Waals surface area (Å²) in [5.41, 5.74) is 1.71. The molecule has 1 aromatic heterocycles. The van der Waals surface area contributed by atoms with Crippen LogP contribution in [0.15, 0.2) is 18.2 Å². The maximum atomic E-state index is 12.9. The molecule has 0 spiro atoms. The van der Waals surface area contributed by atoms with E-state index < -0.39 is 0 Å². The summed E-state index contributed by atoms with van der Waals surface area (Å²) in [4.78, 5) is 4.38. The molecular weight excluding hydrogens is 205 g/mol. The molecule has 1 N–H and O–H groups in total. The van der Waals surface area contributed by atoms with Crippen molar-refractivity contribution in [3.8, 4) is 11.4 Å². The average Bonchev–Trinajstić information content (AvgIpc) is 2.66. The number of aromatic nitrogens is 3. The Morgan fingerprint density at radius 2 is 2.06 bits per heavy atom. The number of hydrogen-bond acceptors (Lipinski definition) is 2. The molecule has 16 heavy (non-hydrogen) atoms. The van der Waals surface area contributed by atoms with Gasteiger partial charge in [0.15, 0.2) is 5.82 Å². The van der Waals surface area contributed by atoms with Gasteiger partial charge in [0.1, 0.15) is 11.6 Å². The Balaban J connectivity index is 2.42. The molecule has 0 aliphatic rings. The Labute approximate surface area is 93.7 Å². The van der Waals surface area contributed by atoms with Crippen molar-refractivity contribution < 1.29 is 4.39 Å². The topological polar surface area (TPSA) is 41.6 Å². The first kappa shape index (κ1) is 10.8. The van der Waals surface area contributed by atoms with Crippen LogP contribution in [-0.4, -0.2) is 15.2 Å². The molecule has 1 aromatic carbocycles. The number of nitrogens with zero attached hydrogens (tertiary/aromatic N) is 2. The lowest BCUT2D eigenvalue weighted by Gasteiger charge is -2.00. The number of benzene rings is 1. The van der Waals surface area contributed by atoms with E-state index >= 15 is 0 Å². The number of aryl methyl sites for hydroxylation is 1. The number of nitrogens with one attached hydrogen (secondary N) is 1. The molecule has 0 saturated heterocycles. The molecule has 0 fully saturated rings. The second-order valence-electron chi connectivity index (χ2n) is 4.16. The number of H-pyrrole nitrogens is 1. The van der Waals surface area contributed by atoms with Gasteiger partial charge >= 0.3 is 0 Å². The molecule has 0 atom stereocenters. The molecule has 2 rings (SSSR count). The zero-order valence-corrected chi connectivity index (χ0v) is 9.58. The molecule has 0 aliphatic carbocycles. The van der Waals surface area contributed by atoms with E-state index in [0.29, 0.717) is 11.7 Å². The predicted octanol–water partition coefficient (Wildman–Crippen LogP) is 3.04. The molecule has 3 nitrogen and oxygen atoms in total. The van der Waals surface area contributed by atoms with Crippen molar-refractivity contribution in [1.82, 2.24) is 15.2 Å². The highest BCUT2D eigenvalue weighted by Crippen LogP contribution is 2.21. The van der Waals surface area contributed by atoms with Crippen LogP contribution >= 0.6 is 0 Å². The van der Waals surface area contributed by atoms with E-state index in [9.17, 15) is 4.39 Å². The molecule has 0 amide bonds. The van der Waals surface area contributed by atoms with Crippen molar-refractivity contribution in [2.75, 3.05) is 0 Å². The third kappa shape index (κ3) is 1.96. The monoisotopic (exact) mass is 219 g/mol. The fourth-order valence-electron chi connectivity index (χ4n) is 1.53. The van der Waals surface area contributed by atoms with Crippen molar-refractivity contribution in [3.05, 3.63) is 35.4 Å². The third-order valence-corrected chi connectivity index (χ3v) is 2.48. The standard InChI is InChI=1S/C12H14FN3/c1-7(2)11-14-12(16-15-11)10-5-4-9(13)6-8(10)3/h4-7H,1-3H3,(H,14,15,16). The Morgan fingerprint density at radius 1 is 1.31 bits per heavy atom. The van der Waals surface area contributed by atoms with Crippen LogP contribution in [0.2, 0.25) is 0 Å². The summed E-state index contributed by atoms with van der Waals surface area (Å²) in [6.07, 6.45) is 0. The number of aromatic amines is 1. The normalized spacial score (nSPS) is 11.1. The van der Waals surface area contributed by atoms with E-state index in [2.05, 4.69) is 15.2 Å². The van der Waals surface area contributed by atoms with E-state index in [1.165, 1.54) is 12.1 Å². The highest BCUT2D eigenvalue weighted by molar-refractivity contribution is 5.59. The largest absolute Gasteiger partial charge is 0.262 e. The molecule has 0 radical (unpaired) electrons. The summed E-state index contributed by atoms with van der Waals surface area (Å²) in [5, 5.41) is 7.03. The zero-order chi connectivity index (χ0) is 11.7. The van der Waals surface area contributed by atoms with Gasteiger partial charge in [-0.1, -0.05) is 13.8 Å². The summed E-state index contributed by atoms with van der Waals surface area (Å²) in [6.45, 7) is 5.94. The lowest BCUT2D eigenvalue weighted by atomic mass is 10.1. The van der Waals surface area contributed by atoms with E-state index in [-0.39, 0.29) is 5.82 Å². The highest BCUT2D eigenvalue weighted by Gasteiger charge is 2.10. The Hall–Kier alpha value is -1.71. The van der Waals surface area contributed by atoms with Gasteiger partial charge in [-0.15, -0.1) is 0 Å². The molecule has 0 unspecified atom stereocenters. The van der Waals surface area contributed by atoms with Gasteiger partial charge in [0.2, 0.25) is 0 Å². The van der Waals surface area contributed by atoms with E-state index in [4.69, 9.17) is 0 Å². The van der Waals surface area contributed by atoms with E-state index in [1.807, 2.05) is 20.8 Å². The number of halogens is 1. The van der Waals surface area contributed by atoms with Gasteiger partial charge in [-0.2, -0.15) is 5.10 Å². The summed E-state index contributed by atoms with van der Waals surface area (Å²) in [6, 6.07) is 4.62. The van der Waals surface area contributed by atoms with Gasteiger partial charge in [-0.25, -0.2) is 9.37 Å². The van der Waals surface area contributed by atoms with Crippen LogP contribution in [0.5, 0.6) is 0 Å². The van der Waals surface area contributed by atoms with Crippen LogP contribution in [0.4, 0.5) is 4.39 Å². The van der Waals surface area contributed by atoms with Gasteiger partial charge in [-0.3, -0.25) is 5.10 Å². The predicted molar refractivity (Wildman–Crippen MR) is 60.6 cm³/mol. The minimum atomic E-state index is -0.235. The van der Waals surface area contributed by atoms with Crippen molar-refractivity contribution >= 4 is 0 Å². The smallest absolute Gasteiger partial charge is 0.181 e. The Morgan fingerprint density at radius 3 is 2.62 bits per heavy atom. The SMILES string of the molecule is Cc1cc(F)ccc1-c1n[nH]c(C(C)C)n1. The first-order valence-electron chi connectivity index (χ1n) is 5.26. The lowest BCUT2D eigenvalue weighted by Crippen LogP contribution is -1.90. The van der Waals surface area contributed by atoms with Gasteiger partial charge in [0.05, 0.1) is 0 Å². The van der Waals surface area contributed by atoms with E-state index in [0.717, 1.165) is 17.0 Å². The van der Waals surface area contributed by atoms with Crippen molar-refractivity contribution in [1.29, 1.82) is 0 Å². The minimum Gasteiger partial charge on any atom is -0.262 e. The van der Waals surface area contributed by atoms with Crippen molar-refractivity contribution in [3.63, 3.8) is 0 Å². The zero-order valence-electron chi connectivity index (χ0n) is 9.58. The summed E-state index contributed by atoms with van der Waals surface area (Å²) in [7, 11) is 0. The average molecular weight is 219 g/mol. The lowest BCUT2D eigenvalue weighted by molar-refractivity contribution is 0.627. The second-order valence-corrected chi connectivity index (χ2v) is 4.16. The second kappa shape index (κ2) is 4.04. The fraction of sp³-hybridized carbons (Fsp3) is 0.333. The van der Waals surface area contributed by atoms with Crippen LogP contribution in [0.3, 0.4) is 0 Å². The summed E-state index contributed by atoms with van der Waals surface area (Å²) >= 11 is 0. The highest BCUT2D eigenvalue weighted by atomic mass is 19.1.